The third-order valence-electron chi connectivity index (χ3n) is 2.36. The Morgan fingerprint density at radius 3 is 2.25 bits per heavy atom. The van der Waals surface area contributed by atoms with Crippen LogP contribution in [0.3, 0.4) is 0 Å². The second-order valence-corrected chi connectivity index (χ2v) is 4.54. The largest absolute Gasteiger partial charge is 0.349 e. The lowest BCUT2D eigenvalue weighted by Crippen LogP contribution is -2.06. The average Bonchev–Trinajstić information content (AvgIpc) is 2.41. The molecule has 0 fully saturated rings. The number of nitriles is 1. The van der Waals surface area contributed by atoms with Crippen LogP contribution in [0.2, 0.25) is 0 Å². The summed E-state index contributed by atoms with van der Waals surface area (Å²) < 4.78 is 53.4. The number of benzene rings is 1. The van der Waals surface area contributed by atoms with E-state index < -0.39 is 29.2 Å². The molecule has 0 amide bonds. The van der Waals surface area contributed by atoms with Gasteiger partial charge in [0.2, 0.25) is 11.6 Å². The van der Waals surface area contributed by atoms with E-state index in [0.717, 1.165) is 0 Å². The molecule has 0 saturated heterocycles. The third kappa shape index (κ3) is 2.58. The van der Waals surface area contributed by atoms with Crippen molar-refractivity contribution in [1.29, 1.82) is 5.26 Å². The molecule has 0 atom stereocenters. The normalized spacial score (nSPS) is 10.2. The Labute approximate surface area is 119 Å². The van der Waals surface area contributed by atoms with Crippen LogP contribution in [-0.4, -0.2) is 4.98 Å². The Bertz CT molecular complexity index is 701. The van der Waals surface area contributed by atoms with E-state index >= 15 is 0 Å². The molecule has 0 aliphatic carbocycles. The molecule has 102 valence electrons. The summed E-state index contributed by atoms with van der Waals surface area (Å²) in [5.41, 5.74) is -1.01. The minimum atomic E-state index is -1.78. The second-order valence-electron chi connectivity index (χ2n) is 3.62. The highest BCUT2D eigenvalue weighted by molar-refractivity contribution is 9.10. The molecule has 1 aromatic carbocycles. The molecular weight excluding hydrogens is 342 g/mol. The number of rotatable bonds is 2. The highest BCUT2D eigenvalue weighted by atomic mass is 79.9. The van der Waals surface area contributed by atoms with Gasteiger partial charge in [-0.2, -0.15) is 27.8 Å². The number of hydrogen-bond acceptors (Lipinski definition) is 3. The summed E-state index contributed by atoms with van der Waals surface area (Å²) in [6.45, 7) is 0. The van der Waals surface area contributed by atoms with Crippen molar-refractivity contribution in [3.63, 3.8) is 0 Å². The maximum Gasteiger partial charge on any atom is 0.253 e. The minimum absolute atomic E-state index is 0.00956. The van der Waals surface area contributed by atoms with Gasteiger partial charge in [0.25, 0.3) is 11.9 Å². The Balaban J connectivity index is 2.56. The van der Waals surface area contributed by atoms with Crippen molar-refractivity contribution < 1.29 is 17.6 Å². The molecule has 0 bridgehead atoms. The minimum Gasteiger partial charge on any atom is -0.349 e. The molecule has 0 aliphatic heterocycles. The van der Waals surface area contributed by atoms with Gasteiger partial charge < -0.3 is 5.32 Å². The van der Waals surface area contributed by atoms with E-state index in [2.05, 4.69) is 26.2 Å². The summed E-state index contributed by atoms with van der Waals surface area (Å²) in [5, 5.41) is 11.0. The smallest absolute Gasteiger partial charge is 0.253 e. The monoisotopic (exact) mass is 345 g/mol. The van der Waals surface area contributed by atoms with Crippen LogP contribution in [0.1, 0.15) is 5.56 Å². The van der Waals surface area contributed by atoms with Crippen molar-refractivity contribution in [3.8, 4) is 6.07 Å². The van der Waals surface area contributed by atoms with Crippen LogP contribution in [-0.2, 0) is 0 Å². The Kier molecular flexibility index (Phi) is 3.90. The van der Waals surface area contributed by atoms with Gasteiger partial charge in [0, 0.05) is 4.47 Å². The lowest BCUT2D eigenvalue weighted by molar-refractivity contribution is 0.411. The highest BCUT2D eigenvalue weighted by Gasteiger charge is 2.21. The van der Waals surface area contributed by atoms with Gasteiger partial charge in [-0.3, -0.25) is 0 Å². The first-order valence-corrected chi connectivity index (χ1v) is 5.90. The summed E-state index contributed by atoms with van der Waals surface area (Å²) >= 11 is 3.11. The lowest BCUT2D eigenvalue weighted by atomic mass is 10.2. The maximum atomic E-state index is 13.5. The Hall–Kier alpha value is -2.14. The zero-order valence-corrected chi connectivity index (χ0v) is 11.1. The fourth-order valence-electron chi connectivity index (χ4n) is 1.45. The molecule has 1 aromatic heterocycles. The molecule has 0 spiro atoms. The van der Waals surface area contributed by atoms with E-state index in [9.17, 15) is 17.6 Å². The number of aromatic nitrogens is 1. The molecule has 1 N–H and O–H groups in total. The van der Waals surface area contributed by atoms with Crippen LogP contribution < -0.4 is 5.32 Å². The van der Waals surface area contributed by atoms with E-state index in [1.165, 1.54) is 18.2 Å². The van der Waals surface area contributed by atoms with Crippen molar-refractivity contribution in [2.75, 3.05) is 5.32 Å². The molecule has 8 heteroatoms. The number of hydrogen-bond donors (Lipinski definition) is 1. The van der Waals surface area contributed by atoms with Crippen LogP contribution in [0, 0.1) is 34.9 Å². The van der Waals surface area contributed by atoms with Gasteiger partial charge in [-0.15, -0.1) is 0 Å². The second kappa shape index (κ2) is 5.46. The van der Waals surface area contributed by atoms with Crippen LogP contribution in [0.4, 0.5) is 28.9 Å². The maximum absolute atomic E-state index is 13.5. The zero-order chi connectivity index (χ0) is 14.9. The van der Waals surface area contributed by atoms with Crippen molar-refractivity contribution >= 4 is 27.3 Å². The van der Waals surface area contributed by atoms with Crippen molar-refractivity contribution in [2.45, 2.75) is 0 Å². The van der Waals surface area contributed by atoms with Gasteiger partial charge in [-0.05, 0) is 18.2 Å². The van der Waals surface area contributed by atoms with E-state index in [0.29, 0.717) is 4.47 Å². The molecular formula is C12H4BrF4N3. The van der Waals surface area contributed by atoms with Gasteiger partial charge in [-0.25, -0.2) is 0 Å². The van der Waals surface area contributed by atoms with Crippen LogP contribution in [0.15, 0.2) is 22.7 Å². The summed E-state index contributed by atoms with van der Waals surface area (Å²) in [6.07, 6.45) is 0. The predicted molar refractivity (Wildman–Crippen MR) is 66.2 cm³/mol. The standard InChI is InChI=1S/C12H4BrF4N3/c13-6-2-1-5(4-18)7(3-6)19-10-8(14)11(16)20-12(17)9(10)15/h1-3H,(H,19,20). The molecule has 20 heavy (non-hydrogen) atoms. The van der Waals surface area contributed by atoms with Crippen molar-refractivity contribution in [3.05, 3.63) is 51.8 Å². The Morgan fingerprint density at radius 2 is 1.70 bits per heavy atom. The number of nitrogens with zero attached hydrogens (tertiary/aromatic N) is 2. The molecule has 0 radical (unpaired) electrons. The van der Waals surface area contributed by atoms with E-state index in [4.69, 9.17) is 5.26 Å². The van der Waals surface area contributed by atoms with Crippen molar-refractivity contribution in [1.82, 2.24) is 4.98 Å². The van der Waals surface area contributed by atoms with Gasteiger partial charge in [0.15, 0.2) is 0 Å². The van der Waals surface area contributed by atoms with Gasteiger partial charge in [0.05, 0.1) is 11.3 Å². The molecule has 1 heterocycles. The Morgan fingerprint density at radius 1 is 1.10 bits per heavy atom. The number of pyridine rings is 1. The van der Waals surface area contributed by atoms with E-state index in [1.54, 1.807) is 6.07 Å². The molecule has 2 rings (SSSR count). The molecule has 0 unspecified atom stereocenters. The average molecular weight is 346 g/mol. The SMILES string of the molecule is N#Cc1ccc(Br)cc1Nc1c(F)c(F)nc(F)c1F. The summed E-state index contributed by atoms with van der Waals surface area (Å²) in [5.74, 6) is -6.90. The third-order valence-corrected chi connectivity index (χ3v) is 2.85. The summed E-state index contributed by atoms with van der Waals surface area (Å²) in [6, 6.07) is 6.02. The highest BCUT2D eigenvalue weighted by Crippen LogP contribution is 2.29. The number of nitrogens with one attached hydrogen (secondary N) is 1. The zero-order valence-electron chi connectivity index (χ0n) is 9.52. The molecule has 3 nitrogen and oxygen atoms in total. The number of halogens is 5. The number of anilines is 2. The summed E-state index contributed by atoms with van der Waals surface area (Å²) in [7, 11) is 0. The quantitative estimate of drug-likeness (QED) is 0.660. The first-order valence-electron chi connectivity index (χ1n) is 5.10. The predicted octanol–water partition coefficient (Wildman–Crippen LogP) is 4.02. The van der Waals surface area contributed by atoms with Crippen LogP contribution in [0.5, 0.6) is 0 Å². The molecule has 0 saturated carbocycles. The van der Waals surface area contributed by atoms with Crippen LogP contribution >= 0.6 is 15.9 Å². The topological polar surface area (TPSA) is 48.7 Å². The van der Waals surface area contributed by atoms with E-state index in [-0.39, 0.29) is 11.3 Å². The van der Waals surface area contributed by atoms with Gasteiger partial charge >= 0.3 is 0 Å². The first-order chi connectivity index (χ1) is 9.43. The summed E-state index contributed by atoms with van der Waals surface area (Å²) in [4.78, 5) is 2.44. The fourth-order valence-corrected chi connectivity index (χ4v) is 1.81. The van der Waals surface area contributed by atoms with Crippen molar-refractivity contribution in [2.24, 2.45) is 0 Å². The fraction of sp³-hybridized carbons (Fsp3) is 0. The van der Waals surface area contributed by atoms with Gasteiger partial charge in [-0.1, -0.05) is 15.9 Å². The van der Waals surface area contributed by atoms with Gasteiger partial charge in [0.1, 0.15) is 11.8 Å². The first kappa shape index (κ1) is 14.3. The lowest BCUT2D eigenvalue weighted by Gasteiger charge is -2.11. The molecule has 0 aliphatic rings. The van der Waals surface area contributed by atoms with Crippen LogP contribution in [0.25, 0.3) is 0 Å². The molecule has 2 aromatic rings. The van der Waals surface area contributed by atoms with E-state index in [1.807, 2.05) is 0 Å².